The van der Waals surface area contributed by atoms with Gasteiger partial charge in [0.25, 0.3) is 5.91 Å². The van der Waals surface area contributed by atoms with Gasteiger partial charge in [-0.05, 0) is 44.2 Å². The summed E-state index contributed by atoms with van der Waals surface area (Å²) in [6, 6.07) is 5.94. The van der Waals surface area contributed by atoms with E-state index in [0.717, 1.165) is 28.9 Å². The lowest BCUT2D eigenvalue weighted by molar-refractivity contribution is -0.139. The fourth-order valence-corrected chi connectivity index (χ4v) is 4.52. The van der Waals surface area contributed by atoms with E-state index < -0.39 is 29.6 Å². The zero-order valence-electron chi connectivity index (χ0n) is 16.9. The molecule has 9 heteroatoms. The predicted octanol–water partition coefficient (Wildman–Crippen LogP) is 1.29. The molecule has 1 saturated heterocycles. The number of imide groups is 1. The fourth-order valence-electron chi connectivity index (χ4n) is 4.52. The number of hydrogen-bond donors (Lipinski definition) is 3. The van der Waals surface area contributed by atoms with E-state index in [4.69, 9.17) is 4.74 Å². The maximum atomic E-state index is 13.5. The molecular weight excluding hydrogens is 388 g/mol. The molecule has 0 unspecified atom stereocenters. The molecule has 1 aromatic rings. The van der Waals surface area contributed by atoms with Crippen LogP contribution in [0.15, 0.2) is 35.5 Å². The van der Waals surface area contributed by atoms with Gasteiger partial charge in [0, 0.05) is 0 Å². The molecule has 1 fully saturated rings. The smallest absolute Gasteiger partial charge is 0.337 e. The second-order valence-electron chi connectivity index (χ2n) is 7.67. The van der Waals surface area contributed by atoms with Gasteiger partial charge in [-0.2, -0.15) is 0 Å². The minimum Gasteiger partial charge on any atom is -0.463 e. The second-order valence-corrected chi connectivity index (χ2v) is 7.67. The molecule has 2 aliphatic heterocycles. The van der Waals surface area contributed by atoms with Gasteiger partial charge in [-0.3, -0.25) is 9.69 Å². The topological polar surface area (TPSA) is 117 Å². The van der Waals surface area contributed by atoms with Crippen molar-refractivity contribution in [1.29, 1.82) is 0 Å². The highest BCUT2D eigenvalue weighted by Gasteiger charge is 2.54. The molecule has 2 heterocycles. The highest BCUT2D eigenvalue weighted by molar-refractivity contribution is 6.08. The Hall–Kier alpha value is -3.36. The molecule has 9 nitrogen and oxygen atoms in total. The normalized spacial score (nSPS) is 25.6. The number of esters is 1. The Morgan fingerprint density at radius 3 is 2.80 bits per heavy atom. The molecule has 4 rings (SSSR count). The van der Waals surface area contributed by atoms with E-state index in [2.05, 4.69) is 16.0 Å². The molecule has 30 heavy (non-hydrogen) atoms. The average molecular weight is 412 g/mol. The molecule has 3 N–H and O–H groups in total. The van der Waals surface area contributed by atoms with Crippen LogP contribution in [0, 0.1) is 0 Å². The molecule has 158 valence electrons. The molecule has 0 bridgehead atoms. The first-order valence-corrected chi connectivity index (χ1v) is 10.1. The third-order valence-corrected chi connectivity index (χ3v) is 5.83. The number of nitrogens with zero attached hydrogens (tertiary/aromatic N) is 1. The Balaban J connectivity index is 1.69. The van der Waals surface area contributed by atoms with Gasteiger partial charge in [0.15, 0.2) is 0 Å². The van der Waals surface area contributed by atoms with Crippen molar-refractivity contribution in [2.45, 2.75) is 44.7 Å². The predicted molar refractivity (Wildman–Crippen MR) is 106 cm³/mol. The van der Waals surface area contributed by atoms with Gasteiger partial charge < -0.3 is 20.7 Å². The number of rotatable bonds is 4. The van der Waals surface area contributed by atoms with E-state index in [1.807, 2.05) is 24.3 Å². The molecule has 1 aliphatic carbocycles. The molecule has 1 aromatic carbocycles. The van der Waals surface area contributed by atoms with Crippen molar-refractivity contribution in [1.82, 2.24) is 20.9 Å². The average Bonchev–Trinajstić information content (AvgIpc) is 2.93. The van der Waals surface area contributed by atoms with E-state index >= 15 is 0 Å². The monoisotopic (exact) mass is 412 g/mol. The fraction of sp³-hybridized carbons (Fsp3) is 0.429. The largest absolute Gasteiger partial charge is 0.463 e. The number of urea groups is 2. The summed E-state index contributed by atoms with van der Waals surface area (Å²) in [5, 5.41) is 8.05. The third-order valence-electron chi connectivity index (χ3n) is 5.83. The van der Waals surface area contributed by atoms with Crippen LogP contribution in [0.1, 0.15) is 37.8 Å². The minimum absolute atomic E-state index is 0.166. The van der Waals surface area contributed by atoms with E-state index in [1.54, 1.807) is 13.8 Å². The molecule has 1 spiro atoms. The zero-order chi connectivity index (χ0) is 21.5. The standard InChI is InChI=1S/C21H24N4O5/c1-3-30-17(26)16-12(2)22-19(28)23-15(16)11-25-18(27)21(24-20(25)29)10-6-8-13-7-4-5-9-14(13)21/h4-5,7,9,12H,3,6,8,10-11H2,1-2H3,(H,24,29)(H2,22,23,28)/t12-,21-/m1/s1. The number of ether oxygens (including phenoxy) is 1. The van der Waals surface area contributed by atoms with Crippen LogP contribution >= 0.6 is 0 Å². The van der Waals surface area contributed by atoms with Gasteiger partial charge in [0.1, 0.15) is 5.54 Å². The van der Waals surface area contributed by atoms with Crippen molar-refractivity contribution >= 4 is 23.9 Å². The zero-order valence-corrected chi connectivity index (χ0v) is 16.9. The Labute approximate surface area is 173 Å². The van der Waals surface area contributed by atoms with Gasteiger partial charge in [0.2, 0.25) is 0 Å². The number of carbonyl (C=O) groups is 4. The minimum atomic E-state index is -1.11. The van der Waals surface area contributed by atoms with Crippen molar-refractivity contribution < 1.29 is 23.9 Å². The molecule has 0 radical (unpaired) electrons. The number of benzene rings is 1. The van der Waals surface area contributed by atoms with Gasteiger partial charge in [0.05, 0.1) is 30.5 Å². The summed E-state index contributed by atoms with van der Waals surface area (Å²) in [7, 11) is 0. The summed E-state index contributed by atoms with van der Waals surface area (Å²) in [5.74, 6) is -0.979. The van der Waals surface area contributed by atoms with Crippen LogP contribution < -0.4 is 16.0 Å². The first kappa shape index (κ1) is 19.9. The lowest BCUT2D eigenvalue weighted by Gasteiger charge is -2.33. The van der Waals surface area contributed by atoms with Crippen LogP contribution in [-0.2, 0) is 26.3 Å². The summed E-state index contributed by atoms with van der Waals surface area (Å²) in [5.41, 5.74) is 1.12. The molecule has 0 saturated carbocycles. The first-order chi connectivity index (χ1) is 14.4. The molecule has 5 amide bonds. The van der Waals surface area contributed by atoms with Gasteiger partial charge in [-0.15, -0.1) is 0 Å². The van der Waals surface area contributed by atoms with Crippen LogP contribution in [0.25, 0.3) is 0 Å². The lowest BCUT2D eigenvalue weighted by Crippen LogP contribution is -2.52. The second kappa shape index (κ2) is 7.47. The number of aryl methyl sites for hydroxylation is 1. The summed E-state index contributed by atoms with van der Waals surface area (Å²) < 4.78 is 5.10. The Morgan fingerprint density at radius 1 is 1.27 bits per heavy atom. The van der Waals surface area contributed by atoms with Crippen LogP contribution in [-0.4, -0.2) is 48.0 Å². The summed E-state index contributed by atoms with van der Waals surface area (Å²) in [6.45, 7) is 3.27. The number of amides is 5. The highest BCUT2D eigenvalue weighted by Crippen LogP contribution is 2.40. The molecule has 2 atom stereocenters. The van der Waals surface area contributed by atoms with E-state index in [0.29, 0.717) is 6.42 Å². The molecular formula is C21H24N4O5. The Bertz CT molecular complexity index is 972. The maximum Gasteiger partial charge on any atom is 0.337 e. The number of nitrogens with one attached hydrogen (secondary N) is 3. The van der Waals surface area contributed by atoms with E-state index in [-0.39, 0.29) is 30.3 Å². The number of hydrogen-bond acceptors (Lipinski definition) is 5. The van der Waals surface area contributed by atoms with Gasteiger partial charge in [-0.25, -0.2) is 14.4 Å². The maximum absolute atomic E-state index is 13.5. The van der Waals surface area contributed by atoms with Crippen LogP contribution in [0.5, 0.6) is 0 Å². The number of fused-ring (bicyclic) bond motifs is 2. The van der Waals surface area contributed by atoms with Crippen molar-refractivity contribution in [3.63, 3.8) is 0 Å². The van der Waals surface area contributed by atoms with Crippen molar-refractivity contribution in [3.8, 4) is 0 Å². The SMILES string of the molecule is CCOC(=O)C1=C(CN2C(=O)N[C@@]3(CCCc4ccccc43)C2=O)NC(=O)N[C@@H]1C. The molecule has 3 aliphatic rings. The van der Waals surface area contributed by atoms with Gasteiger partial charge in [-0.1, -0.05) is 24.3 Å². The van der Waals surface area contributed by atoms with Crippen LogP contribution in [0.3, 0.4) is 0 Å². The van der Waals surface area contributed by atoms with Crippen LogP contribution in [0.4, 0.5) is 9.59 Å². The Morgan fingerprint density at radius 2 is 2.03 bits per heavy atom. The van der Waals surface area contributed by atoms with E-state index in [9.17, 15) is 19.2 Å². The van der Waals surface area contributed by atoms with Gasteiger partial charge >= 0.3 is 18.0 Å². The molecule has 0 aromatic heterocycles. The highest BCUT2D eigenvalue weighted by atomic mass is 16.5. The van der Waals surface area contributed by atoms with Crippen molar-refractivity contribution in [2.75, 3.05) is 13.2 Å². The summed E-state index contributed by atoms with van der Waals surface area (Å²) in [4.78, 5) is 51.8. The third kappa shape index (κ3) is 3.10. The van der Waals surface area contributed by atoms with Crippen molar-refractivity contribution in [2.24, 2.45) is 0 Å². The summed E-state index contributed by atoms with van der Waals surface area (Å²) in [6.07, 6.45) is 2.11. The quantitative estimate of drug-likeness (QED) is 0.509. The first-order valence-electron chi connectivity index (χ1n) is 10.1. The van der Waals surface area contributed by atoms with E-state index in [1.165, 1.54) is 0 Å². The summed E-state index contributed by atoms with van der Waals surface area (Å²) >= 11 is 0. The Kier molecular flexibility index (Phi) is 4.97. The number of carbonyl (C=O) groups excluding carboxylic acids is 4. The lowest BCUT2D eigenvalue weighted by atomic mass is 9.76. The van der Waals surface area contributed by atoms with Crippen molar-refractivity contribution in [3.05, 3.63) is 46.7 Å². The van der Waals surface area contributed by atoms with Crippen LogP contribution in [0.2, 0.25) is 0 Å².